The zero-order chi connectivity index (χ0) is 4.24. The first-order valence-electron chi connectivity index (χ1n) is 1.73. The van der Waals surface area contributed by atoms with Gasteiger partial charge in [0.2, 0.25) is 0 Å². The second-order valence-electron chi connectivity index (χ2n) is 0.966. The van der Waals surface area contributed by atoms with Gasteiger partial charge in [-0.1, -0.05) is 0 Å². The van der Waals surface area contributed by atoms with Crippen molar-refractivity contribution in [1.82, 2.24) is 0 Å². The Morgan fingerprint density at radius 1 is 0.714 bits per heavy atom. The maximum absolute atomic E-state index is 4.62. The van der Waals surface area contributed by atoms with E-state index in [1.54, 1.807) is 0 Å². The van der Waals surface area contributed by atoms with E-state index in [1.165, 1.54) is 0 Å². The molecule has 0 atom stereocenters. The molecule has 0 aromatic heterocycles. The van der Waals surface area contributed by atoms with E-state index in [2.05, 4.69) is 13.7 Å². The van der Waals surface area contributed by atoms with Gasteiger partial charge in [0.15, 0.2) is 0 Å². The molecule has 1 fully saturated rings. The molecule has 0 amide bonds. The molecular weight excluding hydrogens is 91.2 g/mol. The van der Waals surface area contributed by atoms with Crippen LogP contribution < -0.4 is 0 Å². The molecule has 33 valence electrons. The van der Waals surface area contributed by atoms with Crippen LogP contribution in [0.1, 0.15) is 0 Å². The van der Waals surface area contributed by atoms with E-state index in [4.69, 9.17) is 0 Å². The van der Waals surface area contributed by atoms with Gasteiger partial charge in [-0.2, -0.15) is 0 Å². The van der Waals surface area contributed by atoms with Crippen LogP contribution in [0.2, 0.25) is 0 Å². The molecule has 0 spiro atoms. The maximum Gasteiger partial charge on any atom is 0.410 e. The molecular formula is H3B4O3. The largest absolute Gasteiger partial charge is 0.458 e. The Balaban J connectivity index is 0.000000360. The fraction of sp³-hybridized carbons (Fsp3) is 0. The lowest BCUT2D eigenvalue weighted by molar-refractivity contribution is 0.347. The van der Waals surface area contributed by atoms with Crippen LogP contribution in [0.4, 0.5) is 0 Å². The molecule has 0 aromatic carbocycles. The first-order chi connectivity index (χ1) is 3.00. The summed E-state index contributed by atoms with van der Waals surface area (Å²) in [6.45, 7) is 0. The van der Waals surface area contributed by atoms with Crippen LogP contribution in [0, 0.1) is 0 Å². The van der Waals surface area contributed by atoms with E-state index >= 15 is 0 Å². The number of rotatable bonds is 0. The van der Waals surface area contributed by atoms with Crippen LogP contribution in [0.3, 0.4) is 0 Å². The van der Waals surface area contributed by atoms with Crippen LogP contribution >= 0.6 is 0 Å². The normalized spacial score (nSPS) is 17.1. The Labute approximate surface area is 46.2 Å². The molecule has 0 unspecified atom stereocenters. The molecule has 1 rings (SSSR count). The highest BCUT2D eigenvalue weighted by Gasteiger charge is 2.03. The van der Waals surface area contributed by atoms with Gasteiger partial charge in [-0.3, -0.25) is 0 Å². The van der Waals surface area contributed by atoms with E-state index in [9.17, 15) is 0 Å². The molecule has 3 radical (unpaired) electrons. The molecule has 0 bridgehead atoms. The van der Waals surface area contributed by atoms with E-state index in [0.29, 0.717) is 23.1 Å². The minimum absolute atomic E-state index is 0. The first kappa shape index (κ1) is 7.14. The van der Waals surface area contributed by atoms with Crippen LogP contribution in [-0.4, -0.2) is 31.5 Å². The van der Waals surface area contributed by atoms with E-state index in [-0.39, 0.29) is 8.41 Å². The zero-order valence-electron chi connectivity index (χ0n) is 3.92. The summed E-state index contributed by atoms with van der Waals surface area (Å²) in [7, 11) is 1.12. The predicted octanol–water partition coefficient (Wildman–Crippen LogP) is -2.53. The number of hydrogen-bond donors (Lipinski definition) is 0. The molecule has 1 aliphatic rings. The van der Waals surface area contributed by atoms with Gasteiger partial charge in [-0.15, -0.1) is 0 Å². The Morgan fingerprint density at radius 3 is 1.14 bits per heavy atom. The fourth-order valence-corrected chi connectivity index (χ4v) is 0.279. The minimum Gasteiger partial charge on any atom is -0.458 e. The van der Waals surface area contributed by atoms with Gasteiger partial charge in [0, 0.05) is 8.41 Å². The SMILES string of the molecule is B1OBOBO1.[B]. The molecule has 0 saturated carbocycles. The molecule has 0 aliphatic carbocycles. The van der Waals surface area contributed by atoms with Crippen molar-refractivity contribution in [3.63, 3.8) is 0 Å². The van der Waals surface area contributed by atoms with E-state index < -0.39 is 0 Å². The van der Waals surface area contributed by atoms with Gasteiger partial charge in [-0.05, 0) is 0 Å². The smallest absolute Gasteiger partial charge is 0.410 e. The Bertz CT molecular complexity index is 22.4. The maximum atomic E-state index is 4.62. The summed E-state index contributed by atoms with van der Waals surface area (Å²) >= 11 is 0. The van der Waals surface area contributed by atoms with Crippen molar-refractivity contribution in [1.29, 1.82) is 0 Å². The van der Waals surface area contributed by atoms with Crippen LogP contribution in [0.5, 0.6) is 0 Å². The molecule has 1 heterocycles. The summed E-state index contributed by atoms with van der Waals surface area (Å²) in [5, 5.41) is 0. The first-order valence-corrected chi connectivity index (χ1v) is 1.73. The van der Waals surface area contributed by atoms with Crippen molar-refractivity contribution in [2.75, 3.05) is 0 Å². The third kappa shape index (κ3) is 2.79. The average molecular weight is 94.3 g/mol. The molecule has 0 N–H and O–H groups in total. The minimum atomic E-state index is 0. The standard InChI is InChI=1S/B3H3O3.B/c1-4-2-6-3-5-1;/h1-3H;. The summed E-state index contributed by atoms with van der Waals surface area (Å²) in [5.41, 5.74) is 0. The lowest BCUT2D eigenvalue weighted by Gasteiger charge is -2.07. The molecule has 3 nitrogen and oxygen atoms in total. The van der Waals surface area contributed by atoms with Crippen LogP contribution in [0.15, 0.2) is 0 Å². The Kier molecular flexibility index (Phi) is 4.39. The van der Waals surface area contributed by atoms with Crippen molar-refractivity contribution in [3.8, 4) is 0 Å². The lowest BCUT2D eigenvalue weighted by Crippen LogP contribution is -2.23. The summed E-state index contributed by atoms with van der Waals surface area (Å²) < 4.78 is 13.9. The van der Waals surface area contributed by atoms with Gasteiger partial charge in [0.1, 0.15) is 0 Å². The zero-order valence-corrected chi connectivity index (χ0v) is 3.92. The highest BCUT2D eigenvalue weighted by Crippen LogP contribution is 1.78. The van der Waals surface area contributed by atoms with Gasteiger partial charge in [0.25, 0.3) is 0 Å². The van der Waals surface area contributed by atoms with Gasteiger partial charge >= 0.3 is 23.1 Å². The predicted molar refractivity (Wildman–Crippen MR) is 30.5 cm³/mol. The number of hydrogen-bond acceptors (Lipinski definition) is 3. The average Bonchev–Trinajstić information content (AvgIpc) is 1.72. The second kappa shape index (κ2) is 4.30. The van der Waals surface area contributed by atoms with E-state index in [0.717, 1.165) is 0 Å². The van der Waals surface area contributed by atoms with Crippen molar-refractivity contribution >= 4 is 31.5 Å². The summed E-state index contributed by atoms with van der Waals surface area (Å²) in [5.74, 6) is 0. The topological polar surface area (TPSA) is 27.7 Å². The van der Waals surface area contributed by atoms with Crippen molar-refractivity contribution in [2.45, 2.75) is 0 Å². The summed E-state index contributed by atoms with van der Waals surface area (Å²) in [6, 6.07) is 0. The quantitative estimate of drug-likeness (QED) is 0.310. The summed E-state index contributed by atoms with van der Waals surface area (Å²) in [4.78, 5) is 0. The van der Waals surface area contributed by atoms with Crippen LogP contribution in [0.25, 0.3) is 0 Å². The van der Waals surface area contributed by atoms with Gasteiger partial charge in [-0.25, -0.2) is 0 Å². The summed E-state index contributed by atoms with van der Waals surface area (Å²) in [6.07, 6.45) is 0. The van der Waals surface area contributed by atoms with Crippen molar-refractivity contribution in [3.05, 3.63) is 0 Å². The highest BCUT2D eigenvalue weighted by molar-refractivity contribution is 6.50. The molecule has 0 aromatic rings. The van der Waals surface area contributed by atoms with Crippen molar-refractivity contribution < 1.29 is 13.7 Å². The van der Waals surface area contributed by atoms with Gasteiger partial charge in [0.05, 0.1) is 0 Å². The lowest BCUT2D eigenvalue weighted by atomic mass is 10.1. The Hall–Kier alpha value is 0.140. The third-order valence-corrected chi connectivity index (χ3v) is 0.500. The molecule has 1 aliphatic heterocycles. The fourth-order valence-electron chi connectivity index (χ4n) is 0.279. The third-order valence-electron chi connectivity index (χ3n) is 0.500. The van der Waals surface area contributed by atoms with E-state index in [1.807, 2.05) is 0 Å². The molecule has 7 heteroatoms. The van der Waals surface area contributed by atoms with Gasteiger partial charge < -0.3 is 13.7 Å². The van der Waals surface area contributed by atoms with Crippen molar-refractivity contribution in [2.24, 2.45) is 0 Å². The monoisotopic (exact) mass is 95.0 g/mol. The molecule has 7 heavy (non-hydrogen) atoms. The second-order valence-corrected chi connectivity index (χ2v) is 0.966. The van der Waals surface area contributed by atoms with Crippen LogP contribution in [-0.2, 0) is 13.7 Å². The molecule has 1 saturated heterocycles. The highest BCUT2D eigenvalue weighted by atomic mass is 16.7. The Morgan fingerprint density at radius 2 is 1.00 bits per heavy atom.